The predicted molar refractivity (Wildman–Crippen MR) is 76.3 cm³/mol. The number of rotatable bonds is 6. The van der Waals surface area contributed by atoms with E-state index in [2.05, 4.69) is 33.2 Å². The Balaban J connectivity index is 1.65. The molecular formula is C15H19N3O3. The van der Waals surface area contributed by atoms with Gasteiger partial charge in [0, 0.05) is 11.6 Å². The van der Waals surface area contributed by atoms with Crippen molar-refractivity contribution in [1.29, 1.82) is 0 Å². The third kappa shape index (κ3) is 3.00. The maximum atomic E-state index is 5.72. The molecule has 0 bridgehead atoms. The number of fused-ring (bicyclic) bond motifs is 1. The molecular weight excluding hydrogens is 270 g/mol. The zero-order chi connectivity index (χ0) is 14.7. The Bertz CT molecular complexity index is 612. The maximum absolute atomic E-state index is 5.72. The Morgan fingerprint density at radius 1 is 1.38 bits per heavy atom. The average molecular weight is 289 g/mol. The lowest BCUT2D eigenvalue weighted by Crippen LogP contribution is -2.22. The molecule has 0 aliphatic carbocycles. The van der Waals surface area contributed by atoms with Gasteiger partial charge in [-0.3, -0.25) is 0 Å². The van der Waals surface area contributed by atoms with E-state index in [9.17, 15) is 0 Å². The van der Waals surface area contributed by atoms with Crippen LogP contribution in [0.4, 0.5) is 0 Å². The van der Waals surface area contributed by atoms with Crippen LogP contribution in [0.5, 0.6) is 11.5 Å². The summed E-state index contributed by atoms with van der Waals surface area (Å²) in [4.78, 5) is 0. The SMILES string of the molecule is CCCNC1COc2cc(OCc3nonc3C)ccc21. The van der Waals surface area contributed by atoms with Crippen LogP contribution in [0, 0.1) is 6.92 Å². The summed E-state index contributed by atoms with van der Waals surface area (Å²) in [6.45, 7) is 5.99. The van der Waals surface area contributed by atoms with Gasteiger partial charge < -0.3 is 14.8 Å². The normalized spacial score (nSPS) is 16.6. The van der Waals surface area contributed by atoms with Gasteiger partial charge in [0.2, 0.25) is 0 Å². The fourth-order valence-electron chi connectivity index (χ4n) is 2.30. The molecule has 2 aromatic rings. The van der Waals surface area contributed by atoms with Gasteiger partial charge in [-0.1, -0.05) is 17.2 Å². The van der Waals surface area contributed by atoms with Gasteiger partial charge in [-0.25, -0.2) is 4.63 Å². The van der Waals surface area contributed by atoms with E-state index in [1.807, 2.05) is 19.1 Å². The van der Waals surface area contributed by atoms with Crippen molar-refractivity contribution in [3.05, 3.63) is 35.2 Å². The lowest BCUT2D eigenvalue weighted by molar-refractivity contribution is 0.268. The highest BCUT2D eigenvalue weighted by molar-refractivity contribution is 5.45. The van der Waals surface area contributed by atoms with Gasteiger partial charge in [-0.05, 0) is 32.0 Å². The molecule has 0 saturated carbocycles. The Morgan fingerprint density at radius 2 is 2.29 bits per heavy atom. The Kier molecular flexibility index (Phi) is 4.06. The second kappa shape index (κ2) is 6.13. The molecule has 1 atom stereocenters. The molecule has 1 N–H and O–H groups in total. The summed E-state index contributed by atoms with van der Waals surface area (Å²) in [6.07, 6.45) is 1.11. The Hall–Kier alpha value is -2.08. The molecule has 0 amide bonds. The zero-order valence-corrected chi connectivity index (χ0v) is 12.3. The van der Waals surface area contributed by atoms with Crippen LogP contribution in [0.15, 0.2) is 22.8 Å². The van der Waals surface area contributed by atoms with E-state index in [-0.39, 0.29) is 6.04 Å². The number of benzene rings is 1. The molecule has 0 spiro atoms. The first-order valence-electron chi connectivity index (χ1n) is 7.19. The summed E-state index contributed by atoms with van der Waals surface area (Å²) < 4.78 is 16.1. The van der Waals surface area contributed by atoms with Crippen molar-refractivity contribution >= 4 is 0 Å². The molecule has 6 nitrogen and oxygen atoms in total. The third-order valence-electron chi connectivity index (χ3n) is 3.53. The number of ether oxygens (including phenoxy) is 2. The fourth-order valence-corrected chi connectivity index (χ4v) is 2.30. The highest BCUT2D eigenvalue weighted by atomic mass is 16.6. The number of hydrogen-bond donors (Lipinski definition) is 1. The van der Waals surface area contributed by atoms with Crippen LogP contribution < -0.4 is 14.8 Å². The summed E-state index contributed by atoms with van der Waals surface area (Å²) in [5, 5.41) is 11.0. The van der Waals surface area contributed by atoms with Gasteiger partial charge in [-0.2, -0.15) is 0 Å². The summed E-state index contributed by atoms with van der Waals surface area (Å²) in [5.74, 6) is 1.64. The lowest BCUT2D eigenvalue weighted by Gasteiger charge is -2.10. The first-order valence-corrected chi connectivity index (χ1v) is 7.19. The second-order valence-electron chi connectivity index (χ2n) is 5.10. The van der Waals surface area contributed by atoms with Gasteiger partial charge in [0.1, 0.15) is 36.1 Å². The molecule has 1 aliphatic heterocycles. The number of nitrogens with one attached hydrogen (secondary N) is 1. The molecule has 0 radical (unpaired) electrons. The molecule has 3 rings (SSSR count). The summed E-state index contributed by atoms with van der Waals surface area (Å²) in [5.41, 5.74) is 2.64. The van der Waals surface area contributed by atoms with Crippen LogP contribution in [0.3, 0.4) is 0 Å². The highest BCUT2D eigenvalue weighted by Crippen LogP contribution is 2.35. The van der Waals surface area contributed by atoms with Crippen LogP contribution in [0.25, 0.3) is 0 Å². The molecule has 2 heterocycles. The zero-order valence-electron chi connectivity index (χ0n) is 12.3. The molecule has 21 heavy (non-hydrogen) atoms. The van der Waals surface area contributed by atoms with Crippen LogP contribution >= 0.6 is 0 Å². The van der Waals surface area contributed by atoms with Crippen molar-refractivity contribution in [2.45, 2.75) is 32.9 Å². The molecule has 0 saturated heterocycles. The topological polar surface area (TPSA) is 69.4 Å². The van der Waals surface area contributed by atoms with Crippen LogP contribution in [0.2, 0.25) is 0 Å². The average Bonchev–Trinajstić information content (AvgIpc) is 3.09. The summed E-state index contributed by atoms with van der Waals surface area (Å²) in [7, 11) is 0. The van der Waals surface area contributed by atoms with E-state index in [0.717, 1.165) is 30.2 Å². The van der Waals surface area contributed by atoms with Crippen LogP contribution in [-0.4, -0.2) is 23.5 Å². The quantitative estimate of drug-likeness (QED) is 0.880. The number of aryl methyl sites for hydroxylation is 1. The van der Waals surface area contributed by atoms with Crippen molar-refractivity contribution < 1.29 is 14.1 Å². The van der Waals surface area contributed by atoms with Gasteiger partial charge in [0.05, 0.1) is 6.04 Å². The smallest absolute Gasteiger partial charge is 0.145 e. The maximum Gasteiger partial charge on any atom is 0.145 e. The van der Waals surface area contributed by atoms with Crippen LogP contribution in [0.1, 0.15) is 36.3 Å². The minimum atomic E-state index is 0.274. The van der Waals surface area contributed by atoms with E-state index >= 15 is 0 Å². The fraction of sp³-hybridized carbons (Fsp3) is 0.467. The summed E-state index contributed by atoms with van der Waals surface area (Å²) in [6, 6.07) is 6.21. The van der Waals surface area contributed by atoms with Gasteiger partial charge in [-0.15, -0.1) is 0 Å². The number of aromatic nitrogens is 2. The largest absolute Gasteiger partial charge is 0.491 e. The van der Waals surface area contributed by atoms with Crippen molar-refractivity contribution in [1.82, 2.24) is 15.6 Å². The predicted octanol–water partition coefficient (Wildman–Crippen LogP) is 2.39. The first-order chi connectivity index (χ1) is 10.3. The third-order valence-corrected chi connectivity index (χ3v) is 3.53. The number of hydrogen-bond acceptors (Lipinski definition) is 6. The molecule has 112 valence electrons. The van der Waals surface area contributed by atoms with Gasteiger partial charge >= 0.3 is 0 Å². The molecule has 1 unspecified atom stereocenters. The summed E-state index contributed by atoms with van der Waals surface area (Å²) >= 11 is 0. The van der Waals surface area contributed by atoms with E-state index in [1.54, 1.807) is 0 Å². The second-order valence-corrected chi connectivity index (χ2v) is 5.10. The standard InChI is InChI=1S/C15H19N3O3/c1-3-6-16-14-9-20-15-7-11(4-5-12(14)15)19-8-13-10(2)17-21-18-13/h4-5,7,14,16H,3,6,8-9H2,1-2H3. The molecule has 1 aromatic carbocycles. The van der Waals surface area contributed by atoms with Crippen molar-refractivity contribution in [2.24, 2.45) is 0 Å². The Morgan fingerprint density at radius 3 is 3.05 bits per heavy atom. The molecule has 1 aromatic heterocycles. The van der Waals surface area contributed by atoms with Crippen molar-refractivity contribution in [3.8, 4) is 11.5 Å². The van der Waals surface area contributed by atoms with Crippen molar-refractivity contribution in [2.75, 3.05) is 13.2 Å². The van der Waals surface area contributed by atoms with Gasteiger partial charge in [0.25, 0.3) is 0 Å². The van der Waals surface area contributed by atoms with E-state index in [0.29, 0.717) is 18.9 Å². The minimum Gasteiger partial charge on any atom is -0.491 e. The van der Waals surface area contributed by atoms with Gasteiger partial charge in [0.15, 0.2) is 0 Å². The van der Waals surface area contributed by atoms with E-state index < -0.39 is 0 Å². The Labute approximate surface area is 123 Å². The van der Waals surface area contributed by atoms with Crippen LogP contribution in [-0.2, 0) is 6.61 Å². The monoisotopic (exact) mass is 289 g/mol. The minimum absolute atomic E-state index is 0.274. The molecule has 1 aliphatic rings. The molecule has 0 fully saturated rings. The lowest BCUT2D eigenvalue weighted by atomic mass is 10.1. The van der Waals surface area contributed by atoms with Crippen molar-refractivity contribution in [3.63, 3.8) is 0 Å². The highest BCUT2D eigenvalue weighted by Gasteiger charge is 2.23. The van der Waals surface area contributed by atoms with E-state index in [1.165, 1.54) is 5.56 Å². The first kappa shape index (κ1) is 13.9. The molecule has 6 heteroatoms. The van der Waals surface area contributed by atoms with E-state index in [4.69, 9.17) is 9.47 Å². The number of nitrogens with zero attached hydrogens (tertiary/aromatic N) is 2.